The molecular weight excluding hydrogens is 212 g/mol. The number of hydrogen-bond acceptors (Lipinski definition) is 4. The van der Waals surface area contributed by atoms with Crippen LogP contribution in [0.15, 0.2) is 0 Å². The van der Waals surface area contributed by atoms with E-state index in [1.165, 1.54) is 0 Å². The van der Waals surface area contributed by atoms with Crippen molar-refractivity contribution in [1.29, 1.82) is 0 Å². The maximum atomic E-state index is 11.1. The monoisotopic (exact) mass is 232 g/mol. The lowest BCUT2D eigenvalue weighted by atomic mass is 10.2. The average molecular weight is 232 g/mol. The third kappa shape index (κ3) is 11.0. The van der Waals surface area contributed by atoms with Crippen molar-refractivity contribution in [1.82, 2.24) is 0 Å². The maximum Gasteiger partial charge on any atom is 0.329 e. The van der Waals surface area contributed by atoms with Gasteiger partial charge in [-0.1, -0.05) is 26.2 Å². The number of carboxylic acids is 1. The van der Waals surface area contributed by atoms with Crippen LogP contribution in [0.1, 0.15) is 39.0 Å². The van der Waals surface area contributed by atoms with Gasteiger partial charge >= 0.3 is 11.9 Å². The van der Waals surface area contributed by atoms with E-state index in [1.807, 2.05) is 0 Å². The molecule has 0 aromatic carbocycles. The van der Waals surface area contributed by atoms with Crippen molar-refractivity contribution < 1.29 is 24.2 Å². The molecule has 0 rings (SSSR count). The summed E-state index contributed by atoms with van der Waals surface area (Å²) in [4.78, 5) is 21.2. The van der Waals surface area contributed by atoms with Crippen LogP contribution in [0.25, 0.3) is 0 Å². The number of esters is 1. The van der Waals surface area contributed by atoms with Gasteiger partial charge in [-0.25, -0.2) is 4.79 Å². The standard InChI is InChI=1S/C11H20O5/c1-2-3-4-5-6-11(14)16-8-7-15-9-10(12)13/h2-9H2,1H3,(H,12,13). The molecule has 0 fully saturated rings. The van der Waals surface area contributed by atoms with Crippen LogP contribution in [0.2, 0.25) is 0 Å². The van der Waals surface area contributed by atoms with Crippen LogP contribution in [0, 0.1) is 0 Å². The van der Waals surface area contributed by atoms with E-state index in [0.29, 0.717) is 6.42 Å². The second-order valence-electron chi connectivity index (χ2n) is 3.48. The molecule has 0 aliphatic carbocycles. The number of aliphatic carboxylic acids is 1. The molecule has 0 saturated heterocycles. The largest absolute Gasteiger partial charge is 0.480 e. The van der Waals surface area contributed by atoms with Gasteiger partial charge in [-0.15, -0.1) is 0 Å². The fourth-order valence-corrected chi connectivity index (χ4v) is 1.14. The molecule has 5 heteroatoms. The zero-order chi connectivity index (χ0) is 12.2. The van der Waals surface area contributed by atoms with Crippen LogP contribution in [0.5, 0.6) is 0 Å². The molecular formula is C11H20O5. The minimum absolute atomic E-state index is 0.125. The first-order valence-electron chi connectivity index (χ1n) is 5.62. The molecule has 94 valence electrons. The number of rotatable bonds is 10. The van der Waals surface area contributed by atoms with Gasteiger partial charge in [-0.3, -0.25) is 4.79 Å². The fourth-order valence-electron chi connectivity index (χ4n) is 1.14. The lowest BCUT2D eigenvalue weighted by Gasteiger charge is -2.04. The first-order chi connectivity index (χ1) is 7.66. The van der Waals surface area contributed by atoms with Gasteiger partial charge in [0.05, 0.1) is 6.61 Å². The Morgan fingerprint density at radius 2 is 1.88 bits per heavy atom. The highest BCUT2D eigenvalue weighted by Gasteiger charge is 2.02. The first-order valence-corrected chi connectivity index (χ1v) is 5.62. The molecule has 0 aliphatic heterocycles. The summed E-state index contributed by atoms with van der Waals surface area (Å²) in [6.45, 7) is 2.01. The smallest absolute Gasteiger partial charge is 0.329 e. The summed E-state index contributed by atoms with van der Waals surface area (Å²) in [6, 6.07) is 0. The maximum absolute atomic E-state index is 11.1. The molecule has 0 aromatic rings. The second-order valence-corrected chi connectivity index (χ2v) is 3.48. The number of unbranched alkanes of at least 4 members (excludes halogenated alkanes) is 3. The Labute approximate surface area is 95.7 Å². The van der Waals surface area contributed by atoms with E-state index in [1.54, 1.807) is 0 Å². The van der Waals surface area contributed by atoms with E-state index < -0.39 is 5.97 Å². The van der Waals surface area contributed by atoms with Crippen molar-refractivity contribution in [3.8, 4) is 0 Å². The van der Waals surface area contributed by atoms with Crippen LogP contribution >= 0.6 is 0 Å². The van der Waals surface area contributed by atoms with Crippen LogP contribution in [-0.2, 0) is 19.1 Å². The number of carboxylic acid groups (broad SMARTS) is 1. The number of carbonyl (C=O) groups excluding carboxylic acids is 1. The molecule has 0 amide bonds. The summed E-state index contributed by atoms with van der Waals surface area (Å²) in [5.74, 6) is -1.26. The Kier molecular flexibility index (Phi) is 9.70. The zero-order valence-corrected chi connectivity index (χ0v) is 9.74. The third-order valence-electron chi connectivity index (χ3n) is 1.95. The topological polar surface area (TPSA) is 72.8 Å². The molecule has 0 aromatic heterocycles. The normalized spacial score (nSPS) is 10.1. The van der Waals surface area contributed by atoms with Gasteiger partial charge in [0.15, 0.2) is 0 Å². The predicted molar refractivity (Wildman–Crippen MR) is 58.2 cm³/mol. The van der Waals surface area contributed by atoms with E-state index >= 15 is 0 Å². The van der Waals surface area contributed by atoms with Gasteiger partial charge in [-0.2, -0.15) is 0 Å². The van der Waals surface area contributed by atoms with E-state index in [-0.39, 0.29) is 25.8 Å². The fraction of sp³-hybridized carbons (Fsp3) is 0.818. The van der Waals surface area contributed by atoms with Crippen molar-refractivity contribution in [3.05, 3.63) is 0 Å². The Balaban J connectivity index is 3.20. The van der Waals surface area contributed by atoms with Gasteiger partial charge in [0.2, 0.25) is 0 Å². The Morgan fingerprint density at radius 3 is 2.50 bits per heavy atom. The quantitative estimate of drug-likeness (QED) is 0.457. The highest BCUT2D eigenvalue weighted by molar-refractivity contribution is 5.69. The molecule has 1 N–H and O–H groups in total. The highest BCUT2D eigenvalue weighted by Crippen LogP contribution is 2.03. The van der Waals surface area contributed by atoms with E-state index in [2.05, 4.69) is 6.92 Å². The van der Waals surface area contributed by atoms with Gasteiger partial charge < -0.3 is 14.6 Å². The van der Waals surface area contributed by atoms with E-state index in [4.69, 9.17) is 14.6 Å². The summed E-state index contributed by atoms with van der Waals surface area (Å²) in [6.07, 6.45) is 4.59. The highest BCUT2D eigenvalue weighted by atomic mass is 16.6. The molecule has 0 bridgehead atoms. The third-order valence-corrected chi connectivity index (χ3v) is 1.95. The summed E-state index contributed by atoms with van der Waals surface area (Å²) < 4.78 is 9.56. The van der Waals surface area contributed by atoms with Gasteiger partial charge in [0.25, 0.3) is 0 Å². The number of carbonyl (C=O) groups is 2. The summed E-state index contributed by atoms with van der Waals surface area (Å²) in [5, 5.41) is 8.26. The van der Waals surface area contributed by atoms with E-state index in [9.17, 15) is 9.59 Å². The van der Waals surface area contributed by atoms with Crippen molar-refractivity contribution in [2.24, 2.45) is 0 Å². The molecule has 0 aliphatic rings. The van der Waals surface area contributed by atoms with Crippen LogP contribution in [0.3, 0.4) is 0 Å². The molecule has 5 nitrogen and oxygen atoms in total. The Hall–Kier alpha value is -1.10. The van der Waals surface area contributed by atoms with Gasteiger partial charge in [0, 0.05) is 6.42 Å². The lowest BCUT2D eigenvalue weighted by molar-refractivity contribution is -0.147. The average Bonchev–Trinajstić information content (AvgIpc) is 2.23. The van der Waals surface area contributed by atoms with E-state index in [0.717, 1.165) is 25.7 Å². The van der Waals surface area contributed by atoms with Crippen molar-refractivity contribution in [2.45, 2.75) is 39.0 Å². The molecule has 0 radical (unpaired) electrons. The second kappa shape index (κ2) is 10.4. The molecule has 0 unspecified atom stereocenters. The first kappa shape index (κ1) is 14.9. The lowest BCUT2D eigenvalue weighted by Crippen LogP contribution is -2.14. The summed E-state index contributed by atoms with van der Waals surface area (Å²) in [5.41, 5.74) is 0. The van der Waals surface area contributed by atoms with Crippen molar-refractivity contribution >= 4 is 11.9 Å². The number of ether oxygens (including phenoxy) is 2. The van der Waals surface area contributed by atoms with Crippen LogP contribution in [-0.4, -0.2) is 36.9 Å². The van der Waals surface area contributed by atoms with Gasteiger partial charge in [0.1, 0.15) is 13.2 Å². The zero-order valence-electron chi connectivity index (χ0n) is 9.74. The Morgan fingerprint density at radius 1 is 1.12 bits per heavy atom. The van der Waals surface area contributed by atoms with Gasteiger partial charge in [-0.05, 0) is 6.42 Å². The SMILES string of the molecule is CCCCCCC(=O)OCCOCC(=O)O. The minimum Gasteiger partial charge on any atom is -0.480 e. The molecule has 0 spiro atoms. The number of hydrogen-bond donors (Lipinski definition) is 1. The van der Waals surface area contributed by atoms with Crippen molar-refractivity contribution in [2.75, 3.05) is 19.8 Å². The van der Waals surface area contributed by atoms with Crippen LogP contribution in [0.4, 0.5) is 0 Å². The molecule has 0 saturated carbocycles. The molecule has 16 heavy (non-hydrogen) atoms. The predicted octanol–water partition coefficient (Wildman–Crippen LogP) is 1.60. The summed E-state index contributed by atoms with van der Waals surface area (Å²) in [7, 11) is 0. The molecule has 0 heterocycles. The van der Waals surface area contributed by atoms with Crippen molar-refractivity contribution in [3.63, 3.8) is 0 Å². The molecule has 0 atom stereocenters. The summed E-state index contributed by atoms with van der Waals surface area (Å²) >= 11 is 0. The Bertz CT molecular complexity index is 203. The minimum atomic E-state index is -1.02. The van der Waals surface area contributed by atoms with Crippen LogP contribution < -0.4 is 0 Å².